The van der Waals surface area contributed by atoms with E-state index in [1.165, 1.54) is 43.7 Å². The van der Waals surface area contributed by atoms with Gasteiger partial charge in [-0.1, -0.05) is 13.3 Å². The third kappa shape index (κ3) is 3.26. The van der Waals surface area contributed by atoms with Gasteiger partial charge in [-0.3, -0.25) is 0 Å². The van der Waals surface area contributed by atoms with E-state index in [0.29, 0.717) is 5.92 Å². The van der Waals surface area contributed by atoms with Crippen molar-refractivity contribution in [2.45, 2.75) is 32.1 Å². The molecule has 0 spiro atoms. The molecule has 1 aliphatic rings. The predicted octanol–water partition coefficient (Wildman–Crippen LogP) is 2.43. The summed E-state index contributed by atoms with van der Waals surface area (Å²) in [5.41, 5.74) is 0.176. The van der Waals surface area contributed by atoms with Crippen molar-refractivity contribution in [1.82, 2.24) is 9.88 Å². The number of aromatic carboxylic acids is 1. The molecule has 0 bridgehead atoms. The Kier molecular flexibility index (Phi) is 4.12. The zero-order valence-electron chi connectivity index (χ0n) is 10.1. The Hall–Kier alpha value is -0.940. The van der Waals surface area contributed by atoms with Crippen LogP contribution in [0.5, 0.6) is 0 Å². The normalized spacial score (nSPS) is 19.1. The summed E-state index contributed by atoms with van der Waals surface area (Å²) >= 11 is 1.46. The molecule has 1 unspecified atom stereocenters. The minimum absolute atomic E-state index is 0.176. The first-order valence-corrected chi connectivity index (χ1v) is 6.96. The Labute approximate surface area is 105 Å². The van der Waals surface area contributed by atoms with Crippen LogP contribution in [-0.4, -0.2) is 40.6 Å². The van der Waals surface area contributed by atoms with E-state index in [-0.39, 0.29) is 5.69 Å². The average Bonchev–Trinajstić information content (AvgIpc) is 2.79. The van der Waals surface area contributed by atoms with E-state index >= 15 is 0 Å². The maximum absolute atomic E-state index is 10.8. The van der Waals surface area contributed by atoms with Crippen LogP contribution >= 0.6 is 11.3 Å². The van der Waals surface area contributed by atoms with Gasteiger partial charge in [-0.15, -0.1) is 11.3 Å². The number of nitrogens with zero attached hydrogens (tertiary/aromatic N) is 2. The molecule has 1 atom stereocenters. The molecule has 94 valence electrons. The number of hydrogen-bond donors (Lipinski definition) is 1. The summed E-state index contributed by atoms with van der Waals surface area (Å²) in [7, 11) is 0. The number of piperidine rings is 1. The number of likely N-dealkylation sites (tertiary alicyclic amines) is 1. The van der Waals surface area contributed by atoms with Crippen LogP contribution in [0.15, 0.2) is 5.38 Å². The number of hydrogen-bond acceptors (Lipinski definition) is 4. The summed E-state index contributed by atoms with van der Waals surface area (Å²) in [5.74, 6) is -0.608. The Morgan fingerprint density at radius 3 is 2.82 bits per heavy atom. The van der Waals surface area contributed by atoms with Crippen LogP contribution in [0.3, 0.4) is 0 Å². The highest BCUT2D eigenvalue weighted by Gasteiger charge is 2.18. The molecular weight excluding hydrogens is 236 g/mol. The molecule has 1 fully saturated rings. The van der Waals surface area contributed by atoms with E-state index in [0.717, 1.165) is 11.6 Å². The number of thiazole rings is 1. The zero-order chi connectivity index (χ0) is 12.3. The van der Waals surface area contributed by atoms with Crippen molar-refractivity contribution in [3.63, 3.8) is 0 Å². The number of carboxylic acid groups (broad SMARTS) is 1. The first kappa shape index (κ1) is 12.5. The standard InChI is InChI=1S/C12H18N2O2S/c1-9(7-14-5-3-2-4-6-14)11-13-10(8-17-11)12(15)16/h8-9H,2-7H2,1H3,(H,15,16). The Bertz CT molecular complexity index is 386. The summed E-state index contributed by atoms with van der Waals surface area (Å²) in [4.78, 5) is 17.4. The van der Waals surface area contributed by atoms with Crippen LogP contribution in [-0.2, 0) is 0 Å². The molecule has 0 aromatic carbocycles. The van der Waals surface area contributed by atoms with Gasteiger partial charge >= 0.3 is 5.97 Å². The van der Waals surface area contributed by atoms with Gasteiger partial charge in [-0.2, -0.15) is 0 Å². The van der Waals surface area contributed by atoms with Crippen molar-refractivity contribution < 1.29 is 9.90 Å². The monoisotopic (exact) mass is 254 g/mol. The van der Waals surface area contributed by atoms with Crippen molar-refractivity contribution in [2.75, 3.05) is 19.6 Å². The summed E-state index contributed by atoms with van der Waals surface area (Å²) < 4.78 is 0. The smallest absolute Gasteiger partial charge is 0.355 e. The quantitative estimate of drug-likeness (QED) is 0.896. The third-order valence-corrected chi connectivity index (χ3v) is 4.22. The Balaban J connectivity index is 1.93. The van der Waals surface area contributed by atoms with Gasteiger partial charge in [0.2, 0.25) is 0 Å². The van der Waals surface area contributed by atoms with Gasteiger partial charge in [0, 0.05) is 17.8 Å². The van der Waals surface area contributed by atoms with Gasteiger partial charge in [0.25, 0.3) is 0 Å². The number of rotatable bonds is 4. The predicted molar refractivity (Wildman–Crippen MR) is 67.8 cm³/mol. The van der Waals surface area contributed by atoms with Crippen LogP contribution < -0.4 is 0 Å². The highest BCUT2D eigenvalue weighted by atomic mass is 32.1. The topological polar surface area (TPSA) is 53.4 Å². The zero-order valence-corrected chi connectivity index (χ0v) is 10.9. The molecule has 1 aromatic rings. The number of carboxylic acids is 1. The fourth-order valence-electron chi connectivity index (χ4n) is 2.22. The van der Waals surface area contributed by atoms with E-state index in [4.69, 9.17) is 5.11 Å². The van der Waals surface area contributed by atoms with E-state index < -0.39 is 5.97 Å². The first-order valence-electron chi connectivity index (χ1n) is 6.08. The van der Waals surface area contributed by atoms with E-state index in [1.807, 2.05) is 0 Å². The van der Waals surface area contributed by atoms with E-state index in [1.54, 1.807) is 5.38 Å². The van der Waals surface area contributed by atoms with Gasteiger partial charge in [-0.05, 0) is 25.9 Å². The van der Waals surface area contributed by atoms with Crippen LogP contribution in [0.1, 0.15) is 47.6 Å². The maximum atomic E-state index is 10.8. The maximum Gasteiger partial charge on any atom is 0.355 e. The fourth-order valence-corrected chi connectivity index (χ4v) is 3.06. The van der Waals surface area contributed by atoms with Crippen molar-refractivity contribution >= 4 is 17.3 Å². The highest BCUT2D eigenvalue weighted by Crippen LogP contribution is 2.22. The lowest BCUT2D eigenvalue weighted by atomic mass is 10.1. The highest BCUT2D eigenvalue weighted by molar-refractivity contribution is 7.09. The largest absolute Gasteiger partial charge is 0.476 e. The van der Waals surface area contributed by atoms with Gasteiger partial charge in [0.1, 0.15) is 0 Å². The Morgan fingerprint density at radius 2 is 2.24 bits per heavy atom. The molecule has 1 aromatic heterocycles. The molecule has 1 aliphatic heterocycles. The summed E-state index contributed by atoms with van der Waals surface area (Å²) in [6.45, 7) is 5.45. The van der Waals surface area contributed by atoms with E-state index in [9.17, 15) is 4.79 Å². The lowest BCUT2D eigenvalue weighted by molar-refractivity contribution is 0.0691. The molecule has 2 heterocycles. The average molecular weight is 254 g/mol. The van der Waals surface area contributed by atoms with E-state index in [2.05, 4.69) is 16.8 Å². The molecule has 5 heteroatoms. The second-order valence-electron chi connectivity index (χ2n) is 4.64. The molecule has 0 aliphatic carbocycles. The van der Waals surface area contributed by atoms with Gasteiger partial charge in [0.15, 0.2) is 5.69 Å². The second kappa shape index (κ2) is 5.60. The van der Waals surface area contributed by atoms with Crippen molar-refractivity contribution in [2.24, 2.45) is 0 Å². The van der Waals surface area contributed by atoms with Crippen LogP contribution in [0.4, 0.5) is 0 Å². The minimum atomic E-state index is -0.933. The SMILES string of the molecule is CC(CN1CCCCC1)c1nc(C(=O)O)cs1. The second-order valence-corrected chi connectivity index (χ2v) is 5.53. The lowest BCUT2D eigenvalue weighted by Gasteiger charge is -2.28. The Morgan fingerprint density at radius 1 is 1.53 bits per heavy atom. The summed E-state index contributed by atoms with van der Waals surface area (Å²) in [6, 6.07) is 0. The third-order valence-electron chi connectivity index (χ3n) is 3.14. The van der Waals surface area contributed by atoms with Crippen LogP contribution in [0.25, 0.3) is 0 Å². The minimum Gasteiger partial charge on any atom is -0.476 e. The fraction of sp³-hybridized carbons (Fsp3) is 0.667. The van der Waals surface area contributed by atoms with Gasteiger partial charge < -0.3 is 10.0 Å². The number of carbonyl (C=O) groups is 1. The molecule has 0 saturated carbocycles. The number of aromatic nitrogens is 1. The molecule has 1 saturated heterocycles. The lowest BCUT2D eigenvalue weighted by Crippen LogP contribution is -2.32. The van der Waals surface area contributed by atoms with Gasteiger partial charge in [-0.25, -0.2) is 9.78 Å². The van der Waals surface area contributed by atoms with Crippen molar-refractivity contribution in [1.29, 1.82) is 0 Å². The first-order chi connectivity index (χ1) is 8.16. The van der Waals surface area contributed by atoms with Gasteiger partial charge in [0.05, 0.1) is 5.01 Å². The molecule has 0 amide bonds. The molecule has 2 rings (SSSR count). The van der Waals surface area contributed by atoms with Crippen LogP contribution in [0.2, 0.25) is 0 Å². The molecule has 4 nitrogen and oxygen atoms in total. The molecule has 1 N–H and O–H groups in total. The van der Waals surface area contributed by atoms with Crippen LogP contribution in [0, 0.1) is 0 Å². The molecule has 0 radical (unpaired) electrons. The molecular formula is C12H18N2O2S. The summed E-state index contributed by atoms with van der Waals surface area (Å²) in [6.07, 6.45) is 3.90. The molecule has 17 heavy (non-hydrogen) atoms. The van der Waals surface area contributed by atoms with Crippen molar-refractivity contribution in [3.8, 4) is 0 Å². The van der Waals surface area contributed by atoms with Crippen molar-refractivity contribution in [3.05, 3.63) is 16.1 Å². The summed E-state index contributed by atoms with van der Waals surface area (Å²) in [5, 5.41) is 11.4.